The highest BCUT2D eigenvalue weighted by Crippen LogP contribution is 2.09. The average Bonchev–Trinajstić information content (AvgIpc) is 2.85. The average molecular weight is 233 g/mol. The first-order valence-electron chi connectivity index (χ1n) is 5.50. The highest BCUT2D eigenvalue weighted by atomic mass is 16.3. The molecule has 2 N–H and O–H groups in total. The largest absolute Gasteiger partial charge is 0.466 e. The molecule has 17 heavy (non-hydrogen) atoms. The fraction of sp³-hybridized carbons (Fsp3) is 0.333. The molecule has 0 spiro atoms. The van der Waals surface area contributed by atoms with E-state index < -0.39 is 0 Å². The highest BCUT2D eigenvalue weighted by Gasteiger charge is 2.06. The highest BCUT2D eigenvalue weighted by molar-refractivity contribution is 5.89. The number of hydrogen-bond acceptors (Lipinski definition) is 3. The minimum absolute atomic E-state index is 0.0756. The quantitative estimate of drug-likeness (QED) is 0.850. The summed E-state index contributed by atoms with van der Waals surface area (Å²) in [5.41, 5.74) is 0.918. The molecule has 90 valence electrons. The standard InChI is InChI=1S/C12H15N3O2/c1-8-7-13-12(14-8)15-11(16)6-5-10-4-3-9(2)17-10/h3-4,7H,5-6H2,1-2H3,(H2,13,14,15,16). The van der Waals surface area contributed by atoms with Crippen LogP contribution in [0.25, 0.3) is 0 Å². The Kier molecular flexibility index (Phi) is 3.27. The Hall–Kier alpha value is -2.04. The van der Waals surface area contributed by atoms with Gasteiger partial charge in [-0.15, -0.1) is 0 Å². The normalized spacial score (nSPS) is 10.5. The van der Waals surface area contributed by atoms with Crippen LogP contribution in [0.4, 0.5) is 5.95 Å². The van der Waals surface area contributed by atoms with Gasteiger partial charge in [0.15, 0.2) is 0 Å². The Morgan fingerprint density at radius 1 is 1.47 bits per heavy atom. The van der Waals surface area contributed by atoms with Crippen molar-refractivity contribution in [3.8, 4) is 0 Å². The van der Waals surface area contributed by atoms with Gasteiger partial charge in [-0.3, -0.25) is 10.1 Å². The maximum absolute atomic E-state index is 11.6. The van der Waals surface area contributed by atoms with Crippen LogP contribution in [0.15, 0.2) is 22.7 Å². The summed E-state index contributed by atoms with van der Waals surface area (Å²) >= 11 is 0. The van der Waals surface area contributed by atoms with Crippen molar-refractivity contribution in [1.29, 1.82) is 0 Å². The number of aromatic nitrogens is 2. The van der Waals surface area contributed by atoms with Crippen LogP contribution in [0.2, 0.25) is 0 Å². The van der Waals surface area contributed by atoms with Crippen molar-refractivity contribution in [3.05, 3.63) is 35.5 Å². The van der Waals surface area contributed by atoms with Gasteiger partial charge in [-0.1, -0.05) is 0 Å². The Bertz CT molecular complexity index is 513. The van der Waals surface area contributed by atoms with E-state index in [9.17, 15) is 4.79 Å². The van der Waals surface area contributed by atoms with Crippen molar-refractivity contribution in [1.82, 2.24) is 9.97 Å². The first-order chi connectivity index (χ1) is 8.13. The number of hydrogen-bond donors (Lipinski definition) is 2. The zero-order valence-corrected chi connectivity index (χ0v) is 9.91. The van der Waals surface area contributed by atoms with Gasteiger partial charge < -0.3 is 9.40 Å². The molecule has 0 radical (unpaired) electrons. The summed E-state index contributed by atoms with van der Waals surface area (Å²) in [5.74, 6) is 2.10. The van der Waals surface area contributed by atoms with Crippen LogP contribution >= 0.6 is 0 Å². The predicted octanol–water partition coefficient (Wildman–Crippen LogP) is 2.19. The van der Waals surface area contributed by atoms with Crippen LogP contribution in [-0.2, 0) is 11.2 Å². The molecule has 0 fully saturated rings. The van der Waals surface area contributed by atoms with Crippen LogP contribution in [0.3, 0.4) is 0 Å². The Labute approximate surface area is 99.2 Å². The number of carbonyl (C=O) groups excluding carboxylic acids is 1. The number of carbonyl (C=O) groups is 1. The molecule has 1 amide bonds. The number of imidazole rings is 1. The summed E-state index contributed by atoms with van der Waals surface area (Å²) in [6.07, 6.45) is 2.65. The van der Waals surface area contributed by atoms with Gasteiger partial charge in [0.2, 0.25) is 11.9 Å². The number of H-pyrrole nitrogens is 1. The van der Waals surface area contributed by atoms with Gasteiger partial charge in [0.25, 0.3) is 0 Å². The van der Waals surface area contributed by atoms with Crippen molar-refractivity contribution in [2.45, 2.75) is 26.7 Å². The van der Waals surface area contributed by atoms with Gasteiger partial charge in [-0.25, -0.2) is 4.98 Å². The molecule has 0 unspecified atom stereocenters. The maximum atomic E-state index is 11.6. The van der Waals surface area contributed by atoms with E-state index in [2.05, 4.69) is 15.3 Å². The van der Waals surface area contributed by atoms with Crippen molar-refractivity contribution in [2.24, 2.45) is 0 Å². The summed E-state index contributed by atoms with van der Waals surface area (Å²) in [5, 5.41) is 2.69. The summed E-state index contributed by atoms with van der Waals surface area (Å²) < 4.78 is 5.38. The molecule has 0 bridgehead atoms. The number of aromatic amines is 1. The molecule has 0 aliphatic heterocycles. The number of amides is 1. The van der Waals surface area contributed by atoms with Crippen LogP contribution in [0.1, 0.15) is 23.6 Å². The molecule has 2 aromatic rings. The third kappa shape index (κ3) is 3.21. The van der Waals surface area contributed by atoms with Crippen LogP contribution in [-0.4, -0.2) is 15.9 Å². The molecule has 0 saturated carbocycles. The molecule has 0 atom stereocenters. The summed E-state index contributed by atoms with van der Waals surface area (Å²) in [4.78, 5) is 18.5. The topological polar surface area (TPSA) is 70.9 Å². The molecule has 0 aliphatic carbocycles. The fourth-order valence-corrected chi connectivity index (χ4v) is 1.53. The fourth-order valence-electron chi connectivity index (χ4n) is 1.53. The van der Waals surface area contributed by atoms with E-state index in [1.165, 1.54) is 0 Å². The first-order valence-corrected chi connectivity index (χ1v) is 5.50. The van der Waals surface area contributed by atoms with E-state index >= 15 is 0 Å². The minimum atomic E-state index is -0.0756. The maximum Gasteiger partial charge on any atom is 0.227 e. The van der Waals surface area contributed by atoms with E-state index in [0.29, 0.717) is 18.8 Å². The number of nitrogens with one attached hydrogen (secondary N) is 2. The Balaban J connectivity index is 1.82. The van der Waals surface area contributed by atoms with Crippen LogP contribution in [0.5, 0.6) is 0 Å². The monoisotopic (exact) mass is 233 g/mol. The molecule has 0 aliphatic rings. The molecule has 2 rings (SSSR count). The zero-order valence-electron chi connectivity index (χ0n) is 9.91. The van der Waals surface area contributed by atoms with E-state index in [4.69, 9.17) is 4.42 Å². The number of rotatable bonds is 4. The molecule has 5 heteroatoms. The molecule has 2 heterocycles. The molecule has 0 saturated heterocycles. The van der Waals surface area contributed by atoms with Crippen LogP contribution < -0.4 is 5.32 Å². The molecular weight excluding hydrogens is 218 g/mol. The van der Waals surface area contributed by atoms with Gasteiger partial charge >= 0.3 is 0 Å². The number of furan rings is 1. The van der Waals surface area contributed by atoms with Crippen molar-refractivity contribution >= 4 is 11.9 Å². The van der Waals surface area contributed by atoms with E-state index in [1.807, 2.05) is 26.0 Å². The van der Waals surface area contributed by atoms with Crippen molar-refractivity contribution < 1.29 is 9.21 Å². The Morgan fingerprint density at radius 3 is 2.88 bits per heavy atom. The SMILES string of the molecule is Cc1cnc(NC(=O)CCc2ccc(C)o2)[nH]1. The van der Waals surface area contributed by atoms with Crippen molar-refractivity contribution in [3.63, 3.8) is 0 Å². The smallest absolute Gasteiger partial charge is 0.227 e. The van der Waals surface area contributed by atoms with Gasteiger partial charge in [0.05, 0.1) is 0 Å². The third-order valence-corrected chi connectivity index (χ3v) is 2.36. The first kappa shape index (κ1) is 11.4. The molecule has 2 aromatic heterocycles. The second-order valence-electron chi connectivity index (χ2n) is 3.98. The van der Waals surface area contributed by atoms with Crippen molar-refractivity contribution in [2.75, 3.05) is 5.32 Å². The molecule has 0 aromatic carbocycles. The molecular formula is C12H15N3O2. The summed E-state index contributed by atoms with van der Waals surface area (Å²) in [7, 11) is 0. The lowest BCUT2D eigenvalue weighted by Gasteiger charge is -2.00. The lowest BCUT2D eigenvalue weighted by molar-refractivity contribution is -0.116. The lowest BCUT2D eigenvalue weighted by atomic mass is 10.2. The Morgan fingerprint density at radius 2 is 2.29 bits per heavy atom. The molecule has 5 nitrogen and oxygen atoms in total. The van der Waals surface area contributed by atoms with E-state index in [1.54, 1.807) is 6.20 Å². The predicted molar refractivity (Wildman–Crippen MR) is 63.7 cm³/mol. The van der Waals surface area contributed by atoms with E-state index in [-0.39, 0.29) is 5.91 Å². The van der Waals surface area contributed by atoms with E-state index in [0.717, 1.165) is 17.2 Å². The summed E-state index contributed by atoms with van der Waals surface area (Å²) in [6.45, 7) is 3.77. The van der Waals surface area contributed by atoms with Gasteiger partial charge in [0, 0.05) is 24.7 Å². The summed E-state index contributed by atoms with van der Waals surface area (Å²) in [6, 6.07) is 3.78. The number of nitrogens with zero attached hydrogens (tertiary/aromatic N) is 1. The lowest BCUT2D eigenvalue weighted by Crippen LogP contribution is -2.13. The zero-order chi connectivity index (χ0) is 12.3. The minimum Gasteiger partial charge on any atom is -0.466 e. The third-order valence-electron chi connectivity index (χ3n) is 2.36. The second kappa shape index (κ2) is 4.86. The second-order valence-corrected chi connectivity index (χ2v) is 3.98. The number of aryl methyl sites for hydroxylation is 3. The van der Waals surface area contributed by atoms with Gasteiger partial charge in [0.1, 0.15) is 11.5 Å². The van der Waals surface area contributed by atoms with Gasteiger partial charge in [-0.2, -0.15) is 0 Å². The number of anilines is 1. The van der Waals surface area contributed by atoms with Gasteiger partial charge in [-0.05, 0) is 26.0 Å². The van der Waals surface area contributed by atoms with Crippen LogP contribution in [0, 0.1) is 13.8 Å².